The first-order valence-electron chi connectivity index (χ1n) is 38.0. The van der Waals surface area contributed by atoms with Gasteiger partial charge in [0.2, 0.25) is 23.6 Å². The van der Waals surface area contributed by atoms with Gasteiger partial charge in [0.25, 0.3) is 0 Å². The smallest absolute Gasteiger partial charge is 0.307 e. The third-order valence-electron chi connectivity index (χ3n) is 21.1. The fourth-order valence-electron chi connectivity index (χ4n) is 14.7. The van der Waals surface area contributed by atoms with E-state index >= 15 is 0 Å². The van der Waals surface area contributed by atoms with E-state index in [4.69, 9.17) is 28.4 Å². The summed E-state index contributed by atoms with van der Waals surface area (Å²) >= 11 is 0. The molecule has 0 spiro atoms. The minimum Gasteiger partial charge on any atom is -0.497 e. The van der Waals surface area contributed by atoms with Crippen molar-refractivity contribution in [3.63, 3.8) is 0 Å². The molecule has 2 aromatic heterocycles. The van der Waals surface area contributed by atoms with Crippen molar-refractivity contribution in [1.82, 2.24) is 35.3 Å². The van der Waals surface area contributed by atoms with Crippen molar-refractivity contribution in [3.05, 3.63) is 86.2 Å². The lowest BCUT2D eigenvalue weighted by Gasteiger charge is -2.35. The first-order valence-corrected chi connectivity index (χ1v) is 41.5. The number of ether oxygens (including phenoxy) is 6. The molecule has 4 aliphatic carbocycles. The fourth-order valence-corrected chi connectivity index (χ4v) is 18.1. The van der Waals surface area contributed by atoms with E-state index in [1.165, 1.54) is 9.80 Å². The third-order valence-corrected chi connectivity index (χ3v) is 25.4. The predicted molar refractivity (Wildman–Crippen MR) is 417 cm³/mol. The molecule has 109 heavy (non-hydrogen) atoms. The zero-order chi connectivity index (χ0) is 81.1. The lowest BCUT2D eigenvalue weighted by molar-refractivity contribution is -0.161. The van der Waals surface area contributed by atoms with Crippen LogP contribution in [0.3, 0.4) is 0 Å². The highest BCUT2D eigenvalue weighted by Gasteiger charge is 2.63. The summed E-state index contributed by atoms with van der Waals surface area (Å²) in [5.41, 5.74) is -4.45. The van der Waals surface area contributed by atoms with Crippen molar-refractivity contribution in [3.8, 4) is 23.0 Å². The van der Waals surface area contributed by atoms with Crippen LogP contribution in [0.25, 0.3) is 21.8 Å². The van der Waals surface area contributed by atoms with Crippen molar-refractivity contribution in [2.75, 3.05) is 45.4 Å². The molecule has 2 N–H and O–H groups in total. The molecule has 600 valence electrons. The Bertz CT molecular complexity index is 4030. The summed E-state index contributed by atoms with van der Waals surface area (Å²) in [4.78, 5) is 125. The molecule has 27 heteroatoms. The monoisotopic (exact) mass is 1550 g/mol. The molecule has 2 saturated heterocycles. The largest absolute Gasteiger partial charge is 0.497 e. The Morgan fingerprint density at radius 2 is 0.917 bits per heavy atom. The van der Waals surface area contributed by atoms with E-state index in [9.17, 15) is 55.2 Å². The minimum absolute atomic E-state index is 0.0275. The van der Waals surface area contributed by atoms with Gasteiger partial charge in [-0.3, -0.25) is 53.2 Å². The second-order valence-corrected chi connectivity index (χ2v) is 39.2. The fraction of sp³-hybridized carbons (Fsp3) is 0.634. The Labute approximate surface area is 644 Å². The van der Waals surface area contributed by atoms with E-state index in [1.807, 2.05) is 53.7 Å². The normalized spacial score (nSPS) is 23.3. The zero-order valence-electron chi connectivity index (χ0n) is 67.3. The number of amides is 4. The summed E-state index contributed by atoms with van der Waals surface area (Å²) in [5.74, 6) is -5.93. The molecule has 6 fully saturated rings. The SMILES string of the molecule is C=C[C@@H]1C[C@]1(NC(=O)[C@@H]1C[C@@H](Oc2ccnc3cc(OC)ccc23)CN1C(=O)[C@@H](CC(=O)OC(C)(C)C)C(C)(C)C)C(=O)CS(=O)(=O)C1CC1.C=C[C@@H]1C[C@]1(NC(=O)[C@@H]1C[C@@H](Oc2ccnc3cc(OC)ccc23)CN1C(=O)[C@@H](CC(=O)OC(C)(C)C)C(C)(C)C)C(=O)CS(=O)(=O)C1CC1.CCN(C(C)C)C(C)C. The standard InChI is InChI=1S/2C37H49N3O9S.C8H19N/c2*1-9-22-19-37(22,31(41)21-50(45,46)25-11-12-25)39-33(43)29-17-24(48-30-14-15-38-28-16-23(47-8)10-13-26(28)30)20-40(29)34(44)27(35(2,3)4)18-32(42)49-36(5,6)7;1-6-9(7(2)3)8(4)5/h2*9-10,13-16,22,24-25,27,29H,1,11-12,17-21H2,2-8H3,(H,39,43);7-8H,6H2,1-5H3/t2*22-,24-,27-,29+,37-;/m11./s1. The van der Waals surface area contributed by atoms with Crippen LogP contribution in [0.4, 0.5) is 0 Å². The lowest BCUT2D eigenvalue weighted by atomic mass is 9.77. The summed E-state index contributed by atoms with van der Waals surface area (Å²) < 4.78 is 85.8. The molecule has 4 saturated carbocycles. The number of rotatable bonds is 29. The van der Waals surface area contributed by atoms with Gasteiger partial charge < -0.3 is 48.9 Å². The highest BCUT2D eigenvalue weighted by molar-refractivity contribution is 7.93. The molecule has 0 radical (unpaired) electrons. The van der Waals surface area contributed by atoms with Crippen LogP contribution in [0.2, 0.25) is 0 Å². The number of nitrogens with zero attached hydrogens (tertiary/aromatic N) is 5. The predicted octanol–water partition coefficient (Wildman–Crippen LogP) is 10.5. The van der Waals surface area contributed by atoms with Gasteiger partial charge in [0.05, 0.1) is 73.5 Å². The van der Waals surface area contributed by atoms with Gasteiger partial charge in [0.15, 0.2) is 31.2 Å². The van der Waals surface area contributed by atoms with Crippen molar-refractivity contribution in [2.45, 2.75) is 251 Å². The first kappa shape index (κ1) is 86.6. The molecular formula is C82H117N7O18S2. The highest BCUT2D eigenvalue weighted by atomic mass is 32.2. The maximum atomic E-state index is 14.5. The molecule has 0 bridgehead atoms. The molecule has 4 heterocycles. The van der Waals surface area contributed by atoms with Gasteiger partial charge in [-0.25, -0.2) is 16.8 Å². The van der Waals surface area contributed by atoms with Gasteiger partial charge in [0, 0.05) is 72.1 Å². The third kappa shape index (κ3) is 21.8. The van der Waals surface area contributed by atoms with Gasteiger partial charge in [-0.2, -0.15) is 0 Å². The second kappa shape index (κ2) is 33.9. The van der Waals surface area contributed by atoms with Gasteiger partial charge in [-0.05, 0) is 162 Å². The average molecular weight is 1550 g/mol. The number of methoxy groups -OCH3 is 2. The molecule has 4 amide bonds. The Hall–Kier alpha value is -8.04. The average Bonchev–Trinajstić information content (AvgIpc) is 1.58. The van der Waals surface area contributed by atoms with Gasteiger partial charge in [-0.15, -0.1) is 13.2 Å². The second-order valence-electron chi connectivity index (χ2n) is 34.7. The van der Waals surface area contributed by atoms with Crippen LogP contribution in [-0.4, -0.2) is 203 Å². The minimum atomic E-state index is -3.63. The Morgan fingerprint density at radius 3 is 1.18 bits per heavy atom. The summed E-state index contributed by atoms with van der Waals surface area (Å²) in [5, 5.41) is 6.11. The van der Waals surface area contributed by atoms with E-state index in [1.54, 1.807) is 117 Å². The van der Waals surface area contributed by atoms with Crippen LogP contribution in [0.5, 0.6) is 23.0 Å². The highest BCUT2D eigenvalue weighted by Crippen LogP contribution is 2.49. The first-order chi connectivity index (χ1) is 50.6. The molecule has 25 nitrogen and oxygen atoms in total. The lowest BCUT2D eigenvalue weighted by Crippen LogP contribution is -2.55. The summed E-state index contributed by atoms with van der Waals surface area (Å²) in [6.07, 6.45) is 7.34. The number of ketones is 2. The Balaban J connectivity index is 0.000000246. The number of pyridine rings is 2. The maximum Gasteiger partial charge on any atom is 0.307 e. The van der Waals surface area contributed by atoms with Crippen LogP contribution >= 0.6 is 0 Å². The van der Waals surface area contributed by atoms with Crippen LogP contribution in [0.15, 0.2) is 86.2 Å². The molecule has 4 aromatic rings. The number of sulfone groups is 2. The molecule has 10 atom stereocenters. The summed E-state index contributed by atoms with van der Waals surface area (Å²) in [6, 6.07) is 13.4. The summed E-state index contributed by atoms with van der Waals surface area (Å²) in [7, 11) is -4.14. The number of carbonyl (C=O) groups excluding carboxylic acids is 8. The zero-order valence-corrected chi connectivity index (χ0v) is 68.9. The summed E-state index contributed by atoms with van der Waals surface area (Å²) in [6.45, 7) is 41.6. The molecule has 2 aromatic carbocycles. The van der Waals surface area contributed by atoms with Crippen LogP contribution in [-0.2, 0) is 67.5 Å². The Kier molecular flexibility index (Phi) is 26.9. The number of hydrogen-bond acceptors (Lipinski definition) is 21. The van der Waals surface area contributed by atoms with E-state index in [-0.39, 0.29) is 51.6 Å². The molecule has 0 unspecified atom stereocenters. The van der Waals surface area contributed by atoms with Crippen molar-refractivity contribution >= 4 is 88.6 Å². The topological polar surface area (TPSA) is 320 Å². The van der Waals surface area contributed by atoms with Crippen molar-refractivity contribution < 1.29 is 83.6 Å². The number of carbonyl (C=O) groups is 8. The van der Waals surface area contributed by atoms with E-state index < -0.39 is 170 Å². The number of esters is 2. The van der Waals surface area contributed by atoms with Crippen molar-refractivity contribution in [2.24, 2.45) is 34.5 Å². The number of hydrogen-bond donors (Lipinski definition) is 2. The van der Waals surface area contributed by atoms with E-state index in [0.29, 0.717) is 82.6 Å². The van der Waals surface area contributed by atoms with Crippen LogP contribution in [0.1, 0.15) is 182 Å². The number of nitrogens with one attached hydrogen (secondary N) is 2. The van der Waals surface area contributed by atoms with Crippen LogP contribution < -0.4 is 29.6 Å². The quantitative estimate of drug-likeness (QED) is 0.0377. The molecule has 6 aliphatic rings. The van der Waals surface area contributed by atoms with Crippen molar-refractivity contribution in [1.29, 1.82) is 0 Å². The molecule has 10 rings (SSSR count). The van der Waals surface area contributed by atoms with Gasteiger partial charge in [-0.1, -0.05) is 60.6 Å². The van der Waals surface area contributed by atoms with E-state index in [2.05, 4.69) is 73.3 Å². The number of fused-ring (bicyclic) bond motifs is 2. The number of aromatic nitrogens is 2. The van der Waals surface area contributed by atoms with E-state index in [0.717, 1.165) is 6.54 Å². The number of benzene rings is 2. The number of likely N-dealkylation sites (tertiary alicyclic amines) is 2. The molecule has 2 aliphatic heterocycles. The molecular weight excluding hydrogens is 1440 g/mol. The van der Waals surface area contributed by atoms with Crippen LogP contribution in [0, 0.1) is 34.5 Å². The van der Waals surface area contributed by atoms with Gasteiger partial charge >= 0.3 is 11.9 Å². The number of Topliss-reactive ketones (excluding diaryl/α,β-unsaturated/α-hetero) is 2. The van der Waals surface area contributed by atoms with Gasteiger partial charge in [0.1, 0.15) is 81.1 Å². The Morgan fingerprint density at radius 1 is 0.569 bits per heavy atom. The maximum absolute atomic E-state index is 14.5.